The van der Waals surface area contributed by atoms with Crippen LogP contribution in [0.2, 0.25) is 0 Å². The molecule has 0 radical (unpaired) electrons. The van der Waals surface area contributed by atoms with Gasteiger partial charge in [0.25, 0.3) is 0 Å². The van der Waals surface area contributed by atoms with Gasteiger partial charge < -0.3 is 9.47 Å². The molecule has 1 aromatic heterocycles. The lowest BCUT2D eigenvalue weighted by Gasteiger charge is -2.34. The van der Waals surface area contributed by atoms with Crippen LogP contribution < -0.4 is 4.90 Å². The predicted molar refractivity (Wildman–Crippen MR) is 192 cm³/mol. The number of aromatic nitrogens is 1. The third-order valence-corrected chi connectivity index (χ3v) is 9.97. The SMILES string of the molecule is Cc1cc(C)cc(N(c2ccc3c(c2)c2cccc4c2n3-c2ccccc2C4(C)C)c2cc3ccccc3c3ccccc23)c1. The van der Waals surface area contributed by atoms with E-state index in [0.29, 0.717) is 0 Å². The number of fused-ring (bicyclic) bond motifs is 8. The summed E-state index contributed by atoms with van der Waals surface area (Å²) in [6.07, 6.45) is 0. The molecular formula is C43H34N2. The minimum Gasteiger partial charge on any atom is -0.310 e. The quantitative estimate of drug-likeness (QED) is 0.189. The van der Waals surface area contributed by atoms with Gasteiger partial charge in [-0.25, -0.2) is 0 Å². The zero-order valence-corrected chi connectivity index (χ0v) is 26.1. The molecule has 0 fully saturated rings. The fourth-order valence-electron chi connectivity index (χ4n) is 8.02. The van der Waals surface area contributed by atoms with Crippen LogP contribution in [0.1, 0.15) is 36.1 Å². The van der Waals surface area contributed by atoms with Crippen molar-refractivity contribution in [3.05, 3.63) is 156 Å². The van der Waals surface area contributed by atoms with E-state index in [4.69, 9.17) is 0 Å². The molecule has 0 atom stereocenters. The molecule has 45 heavy (non-hydrogen) atoms. The largest absolute Gasteiger partial charge is 0.310 e. The summed E-state index contributed by atoms with van der Waals surface area (Å²) in [5.41, 5.74) is 12.5. The highest BCUT2D eigenvalue weighted by Gasteiger charge is 2.35. The van der Waals surface area contributed by atoms with Gasteiger partial charge >= 0.3 is 0 Å². The maximum Gasteiger partial charge on any atom is 0.0582 e. The first-order valence-electron chi connectivity index (χ1n) is 15.9. The van der Waals surface area contributed by atoms with E-state index in [1.807, 2.05) is 0 Å². The summed E-state index contributed by atoms with van der Waals surface area (Å²) in [6, 6.07) is 49.7. The number of rotatable bonds is 3. The fourth-order valence-corrected chi connectivity index (χ4v) is 8.02. The second-order valence-electron chi connectivity index (χ2n) is 13.2. The Kier molecular flexibility index (Phi) is 5.41. The molecule has 0 unspecified atom stereocenters. The molecule has 8 aromatic rings. The number of hydrogen-bond acceptors (Lipinski definition) is 1. The van der Waals surface area contributed by atoms with Crippen LogP contribution in [0, 0.1) is 13.8 Å². The summed E-state index contributed by atoms with van der Waals surface area (Å²) in [5, 5.41) is 7.61. The predicted octanol–water partition coefficient (Wildman–Crippen LogP) is 11.8. The Morgan fingerprint density at radius 2 is 1.18 bits per heavy atom. The highest BCUT2D eigenvalue weighted by molar-refractivity contribution is 6.16. The van der Waals surface area contributed by atoms with Crippen molar-refractivity contribution in [2.75, 3.05) is 4.90 Å². The first-order chi connectivity index (χ1) is 21.9. The molecule has 2 heteroatoms. The summed E-state index contributed by atoms with van der Waals surface area (Å²) in [5.74, 6) is 0. The van der Waals surface area contributed by atoms with Crippen LogP contribution in [0.3, 0.4) is 0 Å². The third kappa shape index (κ3) is 3.69. The molecule has 0 bridgehead atoms. The first kappa shape index (κ1) is 26.1. The molecule has 0 spiro atoms. The standard InChI is InChI=1S/C43H34N2/c1-27-22-28(2)24-31(23-27)44(41-25-29-12-5-6-13-32(29)33-14-7-8-15-34(33)41)30-20-21-39-36(26-30)35-16-11-18-38-42(35)45(39)40-19-10-9-17-37(40)43(38,3)4/h5-26H,1-4H3. The van der Waals surface area contributed by atoms with Gasteiger partial charge in [-0.2, -0.15) is 0 Å². The van der Waals surface area contributed by atoms with Crippen LogP contribution in [0.25, 0.3) is 49.0 Å². The second kappa shape index (κ2) is 9.33. The van der Waals surface area contributed by atoms with Crippen LogP contribution in [-0.2, 0) is 5.41 Å². The van der Waals surface area contributed by atoms with E-state index in [1.54, 1.807) is 0 Å². The number of benzene rings is 7. The van der Waals surface area contributed by atoms with Crippen LogP contribution >= 0.6 is 0 Å². The lowest BCUT2D eigenvalue weighted by atomic mass is 9.75. The van der Waals surface area contributed by atoms with Gasteiger partial charge in [0.15, 0.2) is 0 Å². The van der Waals surface area contributed by atoms with E-state index in [9.17, 15) is 0 Å². The number of aryl methyl sites for hydroxylation is 2. The molecule has 0 aliphatic carbocycles. The van der Waals surface area contributed by atoms with Gasteiger partial charge in [0, 0.05) is 32.9 Å². The molecule has 1 aliphatic rings. The minimum absolute atomic E-state index is 0.0849. The number of para-hydroxylation sites is 2. The van der Waals surface area contributed by atoms with E-state index in [2.05, 4.69) is 171 Å². The summed E-state index contributed by atoms with van der Waals surface area (Å²) in [7, 11) is 0. The summed E-state index contributed by atoms with van der Waals surface area (Å²) in [4.78, 5) is 2.47. The van der Waals surface area contributed by atoms with Crippen LogP contribution in [0.15, 0.2) is 133 Å². The highest BCUT2D eigenvalue weighted by Crippen LogP contribution is 2.49. The van der Waals surface area contributed by atoms with Gasteiger partial charge in [-0.3, -0.25) is 0 Å². The molecular weight excluding hydrogens is 544 g/mol. The van der Waals surface area contributed by atoms with Crippen molar-refractivity contribution in [2.24, 2.45) is 0 Å². The van der Waals surface area contributed by atoms with Crippen molar-refractivity contribution in [2.45, 2.75) is 33.1 Å². The van der Waals surface area contributed by atoms with E-state index in [0.717, 1.165) is 5.69 Å². The zero-order chi connectivity index (χ0) is 30.4. The molecule has 2 heterocycles. The molecule has 0 amide bonds. The zero-order valence-electron chi connectivity index (χ0n) is 26.1. The third-order valence-electron chi connectivity index (χ3n) is 9.97. The molecule has 2 nitrogen and oxygen atoms in total. The minimum atomic E-state index is -0.0849. The second-order valence-corrected chi connectivity index (χ2v) is 13.2. The van der Waals surface area contributed by atoms with Crippen LogP contribution in [-0.4, -0.2) is 4.57 Å². The fraction of sp³-hybridized carbons (Fsp3) is 0.116. The number of hydrogen-bond donors (Lipinski definition) is 0. The lowest BCUT2D eigenvalue weighted by molar-refractivity contribution is 0.630. The number of anilines is 3. The lowest BCUT2D eigenvalue weighted by Crippen LogP contribution is -2.26. The van der Waals surface area contributed by atoms with Gasteiger partial charge in [-0.15, -0.1) is 0 Å². The van der Waals surface area contributed by atoms with Crippen molar-refractivity contribution in [3.8, 4) is 5.69 Å². The van der Waals surface area contributed by atoms with Crippen LogP contribution in [0.4, 0.5) is 17.1 Å². The molecule has 0 saturated heterocycles. The Labute approximate surface area is 263 Å². The normalized spacial score (nSPS) is 13.5. The van der Waals surface area contributed by atoms with Crippen molar-refractivity contribution >= 4 is 60.4 Å². The molecule has 0 saturated carbocycles. The van der Waals surface area contributed by atoms with Crippen LogP contribution in [0.5, 0.6) is 0 Å². The molecule has 7 aromatic carbocycles. The van der Waals surface area contributed by atoms with Crippen molar-refractivity contribution in [1.82, 2.24) is 4.57 Å². The Bertz CT molecular complexity index is 2470. The Morgan fingerprint density at radius 1 is 0.511 bits per heavy atom. The van der Waals surface area contributed by atoms with E-state index in [-0.39, 0.29) is 5.41 Å². The Hall–Kier alpha value is -5.34. The maximum absolute atomic E-state index is 2.50. The first-order valence-corrected chi connectivity index (χ1v) is 15.9. The molecule has 9 rings (SSSR count). The molecule has 1 aliphatic heterocycles. The summed E-state index contributed by atoms with van der Waals surface area (Å²) < 4.78 is 2.50. The van der Waals surface area contributed by atoms with Gasteiger partial charge in [0.05, 0.1) is 22.4 Å². The van der Waals surface area contributed by atoms with Crippen molar-refractivity contribution < 1.29 is 0 Å². The molecule has 0 N–H and O–H groups in total. The average molecular weight is 579 g/mol. The Morgan fingerprint density at radius 3 is 2.00 bits per heavy atom. The van der Waals surface area contributed by atoms with E-state index >= 15 is 0 Å². The van der Waals surface area contributed by atoms with Gasteiger partial charge in [0.1, 0.15) is 0 Å². The summed E-state index contributed by atoms with van der Waals surface area (Å²) in [6.45, 7) is 9.11. The summed E-state index contributed by atoms with van der Waals surface area (Å²) >= 11 is 0. The Balaban J connectivity index is 1.38. The highest BCUT2D eigenvalue weighted by atomic mass is 15.1. The van der Waals surface area contributed by atoms with Crippen molar-refractivity contribution in [1.29, 1.82) is 0 Å². The molecule has 216 valence electrons. The number of nitrogens with zero attached hydrogens (tertiary/aromatic N) is 2. The average Bonchev–Trinajstić information content (AvgIpc) is 3.38. The smallest absolute Gasteiger partial charge is 0.0582 e. The van der Waals surface area contributed by atoms with Crippen molar-refractivity contribution in [3.63, 3.8) is 0 Å². The van der Waals surface area contributed by atoms with E-state index in [1.165, 1.54) is 82.7 Å². The van der Waals surface area contributed by atoms with E-state index < -0.39 is 0 Å². The monoisotopic (exact) mass is 578 g/mol. The van der Waals surface area contributed by atoms with Gasteiger partial charge in [0.2, 0.25) is 0 Å². The van der Waals surface area contributed by atoms with Gasteiger partial charge in [-0.05, 0) is 94.7 Å². The topological polar surface area (TPSA) is 8.17 Å². The van der Waals surface area contributed by atoms with Gasteiger partial charge in [-0.1, -0.05) is 105 Å². The maximum atomic E-state index is 2.50.